The van der Waals surface area contributed by atoms with Gasteiger partial charge in [-0.1, -0.05) is 12.1 Å². The van der Waals surface area contributed by atoms with Gasteiger partial charge in [-0.3, -0.25) is 4.79 Å². The number of hydrogen-bond acceptors (Lipinski definition) is 3. The van der Waals surface area contributed by atoms with Crippen molar-refractivity contribution in [2.75, 3.05) is 7.11 Å². The summed E-state index contributed by atoms with van der Waals surface area (Å²) in [5, 5.41) is 0.605. The van der Waals surface area contributed by atoms with Crippen LogP contribution in [0, 0.1) is 12.7 Å². The molecule has 2 aromatic carbocycles. The van der Waals surface area contributed by atoms with E-state index in [-0.39, 0.29) is 17.4 Å². The van der Waals surface area contributed by atoms with Crippen molar-refractivity contribution in [2.24, 2.45) is 0 Å². The number of halogens is 1. The van der Waals surface area contributed by atoms with Crippen LogP contribution in [0.1, 0.15) is 21.7 Å². The Morgan fingerprint density at radius 1 is 1.19 bits per heavy atom. The minimum absolute atomic E-state index is 0.208. The Morgan fingerprint density at radius 2 is 1.95 bits per heavy atom. The maximum Gasteiger partial charge on any atom is 0.232 e. The van der Waals surface area contributed by atoms with E-state index in [1.807, 2.05) is 0 Å². The van der Waals surface area contributed by atoms with E-state index < -0.39 is 0 Å². The van der Waals surface area contributed by atoms with Crippen LogP contribution >= 0.6 is 0 Å². The monoisotopic (exact) mass is 284 g/mol. The molecule has 0 N–H and O–H groups in total. The molecule has 0 unspecified atom stereocenters. The van der Waals surface area contributed by atoms with Crippen molar-refractivity contribution < 1.29 is 18.3 Å². The molecular weight excluding hydrogens is 271 g/mol. The van der Waals surface area contributed by atoms with Gasteiger partial charge in [0.05, 0.1) is 12.7 Å². The number of carbonyl (C=O) groups excluding carboxylic acids is 1. The Labute approximate surface area is 120 Å². The van der Waals surface area contributed by atoms with Gasteiger partial charge < -0.3 is 9.15 Å². The molecule has 1 heterocycles. The van der Waals surface area contributed by atoms with Gasteiger partial charge in [0.25, 0.3) is 0 Å². The smallest absolute Gasteiger partial charge is 0.232 e. The molecule has 0 atom stereocenters. The fourth-order valence-corrected chi connectivity index (χ4v) is 2.36. The van der Waals surface area contributed by atoms with Crippen LogP contribution in [-0.2, 0) is 0 Å². The molecule has 3 nitrogen and oxygen atoms in total. The number of carbonyl (C=O) groups is 1. The highest BCUT2D eigenvalue weighted by molar-refractivity contribution is 6.12. The first-order chi connectivity index (χ1) is 10.1. The van der Waals surface area contributed by atoms with Crippen molar-refractivity contribution in [3.8, 4) is 5.75 Å². The molecule has 0 bridgehead atoms. The zero-order chi connectivity index (χ0) is 15.0. The molecule has 3 rings (SSSR count). The standard InChI is InChI=1S/C17H13FO3/c1-10-13-9-11(18)7-8-15(13)21-17(10)16(19)12-5-3-4-6-14(12)20-2/h3-9H,1-2H3. The fourth-order valence-electron chi connectivity index (χ4n) is 2.36. The van der Waals surface area contributed by atoms with E-state index >= 15 is 0 Å². The van der Waals surface area contributed by atoms with E-state index in [0.717, 1.165) is 0 Å². The van der Waals surface area contributed by atoms with Gasteiger partial charge in [-0.25, -0.2) is 4.39 Å². The van der Waals surface area contributed by atoms with Crippen LogP contribution in [0.4, 0.5) is 4.39 Å². The second-order valence-corrected chi connectivity index (χ2v) is 4.73. The minimum atomic E-state index is -0.359. The maximum absolute atomic E-state index is 13.3. The summed E-state index contributed by atoms with van der Waals surface area (Å²) in [6.45, 7) is 1.74. The van der Waals surface area contributed by atoms with Crippen LogP contribution in [0.2, 0.25) is 0 Å². The lowest BCUT2D eigenvalue weighted by Crippen LogP contribution is -2.04. The van der Waals surface area contributed by atoms with Crippen molar-refractivity contribution >= 4 is 16.8 Å². The van der Waals surface area contributed by atoms with E-state index in [1.54, 1.807) is 31.2 Å². The quantitative estimate of drug-likeness (QED) is 0.679. The second kappa shape index (κ2) is 5.05. The summed E-state index contributed by atoms with van der Waals surface area (Å²) in [4.78, 5) is 12.6. The SMILES string of the molecule is COc1ccccc1C(=O)c1oc2ccc(F)cc2c1C. The lowest BCUT2D eigenvalue weighted by molar-refractivity contribution is 0.101. The first kappa shape index (κ1) is 13.4. The third kappa shape index (κ3) is 2.18. The van der Waals surface area contributed by atoms with Crippen LogP contribution in [0.3, 0.4) is 0 Å². The Balaban J connectivity index is 2.16. The number of para-hydroxylation sites is 1. The molecule has 3 aromatic rings. The highest BCUT2D eigenvalue weighted by Gasteiger charge is 2.22. The first-order valence-electron chi connectivity index (χ1n) is 6.48. The molecule has 4 heteroatoms. The number of rotatable bonds is 3. The van der Waals surface area contributed by atoms with E-state index in [2.05, 4.69) is 0 Å². The molecule has 0 saturated heterocycles. The average Bonchev–Trinajstić information content (AvgIpc) is 2.83. The van der Waals surface area contributed by atoms with Crippen molar-refractivity contribution in [3.63, 3.8) is 0 Å². The van der Waals surface area contributed by atoms with E-state index in [4.69, 9.17) is 9.15 Å². The topological polar surface area (TPSA) is 39.4 Å². The summed E-state index contributed by atoms with van der Waals surface area (Å²) < 4.78 is 24.1. The third-order valence-corrected chi connectivity index (χ3v) is 3.46. The second-order valence-electron chi connectivity index (χ2n) is 4.73. The number of aryl methyl sites for hydroxylation is 1. The maximum atomic E-state index is 13.3. The van der Waals surface area contributed by atoms with Gasteiger partial charge in [-0.05, 0) is 37.3 Å². The molecule has 0 aliphatic carbocycles. The number of methoxy groups -OCH3 is 1. The van der Waals surface area contributed by atoms with Crippen molar-refractivity contribution in [1.82, 2.24) is 0 Å². The Bertz CT molecular complexity index is 833. The predicted molar refractivity (Wildman–Crippen MR) is 77.3 cm³/mol. The van der Waals surface area contributed by atoms with Gasteiger partial charge in [0.1, 0.15) is 17.1 Å². The fraction of sp³-hybridized carbons (Fsp3) is 0.118. The van der Waals surface area contributed by atoms with Crippen molar-refractivity contribution in [3.05, 3.63) is 65.2 Å². The van der Waals surface area contributed by atoms with Crippen molar-refractivity contribution in [1.29, 1.82) is 0 Å². The Kier molecular flexibility index (Phi) is 3.22. The van der Waals surface area contributed by atoms with Crippen molar-refractivity contribution in [2.45, 2.75) is 6.92 Å². The molecule has 0 radical (unpaired) electrons. The summed E-state index contributed by atoms with van der Waals surface area (Å²) in [5.41, 5.74) is 1.54. The van der Waals surface area contributed by atoms with Gasteiger partial charge >= 0.3 is 0 Å². The number of fused-ring (bicyclic) bond motifs is 1. The number of ketones is 1. The minimum Gasteiger partial charge on any atom is -0.496 e. The summed E-state index contributed by atoms with van der Waals surface area (Å²) in [6.07, 6.45) is 0. The molecular formula is C17H13FO3. The van der Waals surface area contributed by atoms with Crippen LogP contribution in [0.5, 0.6) is 5.75 Å². The Hall–Kier alpha value is -2.62. The summed E-state index contributed by atoms with van der Waals surface area (Å²) >= 11 is 0. The number of hydrogen-bond donors (Lipinski definition) is 0. The zero-order valence-corrected chi connectivity index (χ0v) is 11.6. The largest absolute Gasteiger partial charge is 0.496 e. The lowest BCUT2D eigenvalue weighted by Gasteiger charge is -2.05. The third-order valence-electron chi connectivity index (χ3n) is 3.46. The molecule has 21 heavy (non-hydrogen) atoms. The summed E-state index contributed by atoms with van der Waals surface area (Å²) in [6, 6.07) is 11.1. The molecule has 0 aliphatic heterocycles. The van der Waals surface area contributed by atoms with Gasteiger partial charge in [0, 0.05) is 10.9 Å². The number of ether oxygens (including phenoxy) is 1. The molecule has 0 amide bonds. The van der Waals surface area contributed by atoms with Crippen LogP contribution in [-0.4, -0.2) is 12.9 Å². The first-order valence-corrected chi connectivity index (χ1v) is 6.48. The van der Waals surface area contributed by atoms with Gasteiger partial charge in [0.15, 0.2) is 5.76 Å². The highest BCUT2D eigenvalue weighted by Crippen LogP contribution is 2.29. The molecule has 106 valence electrons. The molecule has 0 saturated carbocycles. The van der Waals surface area contributed by atoms with Gasteiger partial charge in [0.2, 0.25) is 5.78 Å². The zero-order valence-electron chi connectivity index (χ0n) is 11.6. The number of furan rings is 1. The molecule has 1 aromatic heterocycles. The van der Waals surface area contributed by atoms with Gasteiger partial charge in [-0.2, -0.15) is 0 Å². The molecule has 0 aliphatic rings. The van der Waals surface area contributed by atoms with Gasteiger partial charge in [-0.15, -0.1) is 0 Å². The van der Waals surface area contributed by atoms with E-state index in [9.17, 15) is 9.18 Å². The molecule has 0 spiro atoms. The highest BCUT2D eigenvalue weighted by atomic mass is 19.1. The normalized spacial score (nSPS) is 10.8. The van der Waals surface area contributed by atoms with E-state index in [0.29, 0.717) is 27.8 Å². The van der Waals surface area contributed by atoms with Crippen LogP contribution < -0.4 is 4.74 Å². The predicted octanol–water partition coefficient (Wildman–Crippen LogP) is 4.12. The molecule has 0 fully saturated rings. The Morgan fingerprint density at radius 3 is 2.71 bits per heavy atom. The summed E-state index contributed by atoms with van der Waals surface area (Å²) in [7, 11) is 1.51. The number of benzene rings is 2. The lowest BCUT2D eigenvalue weighted by atomic mass is 10.0. The van der Waals surface area contributed by atoms with Crippen LogP contribution in [0.25, 0.3) is 11.0 Å². The summed E-state index contributed by atoms with van der Waals surface area (Å²) in [5.74, 6) is 0.0536. The van der Waals surface area contributed by atoms with E-state index in [1.165, 1.54) is 25.3 Å². The average molecular weight is 284 g/mol. The van der Waals surface area contributed by atoms with Crippen LogP contribution in [0.15, 0.2) is 46.9 Å².